The van der Waals surface area contributed by atoms with Gasteiger partial charge in [-0.05, 0) is 37.1 Å². The van der Waals surface area contributed by atoms with Crippen LogP contribution in [-0.4, -0.2) is 52.4 Å². The van der Waals surface area contributed by atoms with E-state index in [0.717, 1.165) is 12.8 Å². The minimum Gasteiger partial charge on any atom is -0.493 e. The van der Waals surface area contributed by atoms with Gasteiger partial charge >= 0.3 is 0 Å². The summed E-state index contributed by atoms with van der Waals surface area (Å²) in [7, 11) is 1.55. The second-order valence-corrected chi connectivity index (χ2v) is 7.41. The van der Waals surface area contributed by atoms with Gasteiger partial charge in [0.1, 0.15) is 12.7 Å². The van der Waals surface area contributed by atoms with E-state index in [1.165, 1.54) is 6.33 Å². The summed E-state index contributed by atoms with van der Waals surface area (Å²) < 4.78 is 12.9. The Kier molecular flexibility index (Phi) is 6.13. The quantitative estimate of drug-likeness (QED) is 0.612. The van der Waals surface area contributed by atoms with Crippen molar-refractivity contribution in [1.29, 1.82) is 5.26 Å². The molecule has 8 heteroatoms. The minimum atomic E-state index is -0.0215. The van der Waals surface area contributed by atoms with Crippen LogP contribution in [-0.2, 0) is 0 Å². The molecule has 1 fully saturated rings. The fraction of sp³-hybridized carbons (Fsp3) is 0.304. The lowest BCUT2D eigenvalue weighted by Gasteiger charge is -2.33. The van der Waals surface area contributed by atoms with E-state index in [-0.39, 0.29) is 11.8 Å². The zero-order valence-corrected chi connectivity index (χ0v) is 17.3. The van der Waals surface area contributed by atoms with E-state index in [1.807, 2.05) is 29.2 Å². The Morgan fingerprint density at radius 3 is 2.90 bits per heavy atom. The van der Waals surface area contributed by atoms with Gasteiger partial charge in [0.2, 0.25) is 0 Å². The first kappa shape index (κ1) is 20.4. The Morgan fingerprint density at radius 2 is 2.13 bits per heavy atom. The molecule has 0 saturated carbocycles. The summed E-state index contributed by atoms with van der Waals surface area (Å²) in [5.41, 5.74) is 1.83. The van der Waals surface area contributed by atoms with Gasteiger partial charge < -0.3 is 14.4 Å². The number of amides is 1. The highest BCUT2D eigenvalue weighted by Crippen LogP contribution is 2.29. The molecule has 0 spiro atoms. The molecular formula is C23H23N5O3. The lowest BCUT2D eigenvalue weighted by molar-refractivity contribution is 0.0631. The van der Waals surface area contributed by atoms with E-state index in [4.69, 9.17) is 14.7 Å². The third-order valence-corrected chi connectivity index (χ3v) is 5.37. The van der Waals surface area contributed by atoms with Crippen LogP contribution in [0.1, 0.15) is 28.8 Å². The molecule has 0 bridgehead atoms. The molecule has 8 nitrogen and oxygen atoms in total. The lowest BCUT2D eigenvalue weighted by atomic mass is 9.98. The zero-order chi connectivity index (χ0) is 21.6. The van der Waals surface area contributed by atoms with Gasteiger partial charge in [0.05, 0.1) is 36.6 Å². The van der Waals surface area contributed by atoms with Crippen LogP contribution < -0.4 is 9.47 Å². The predicted octanol–water partition coefficient (Wildman–Crippen LogP) is 3.08. The summed E-state index contributed by atoms with van der Waals surface area (Å²) in [6.45, 7) is 1.79. The van der Waals surface area contributed by atoms with Crippen LogP contribution in [0.25, 0.3) is 5.69 Å². The second-order valence-electron chi connectivity index (χ2n) is 7.41. The molecule has 0 N–H and O–H groups in total. The van der Waals surface area contributed by atoms with Gasteiger partial charge in [-0.3, -0.25) is 4.79 Å². The molecule has 0 radical (unpaired) electrons. The van der Waals surface area contributed by atoms with Crippen molar-refractivity contribution in [2.75, 3.05) is 26.8 Å². The maximum absolute atomic E-state index is 13.3. The van der Waals surface area contributed by atoms with Crippen molar-refractivity contribution < 1.29 is 14.3 Å². The summed E-state index contributed by atoms with van der Waals surface area (Å²) in [5.74, 6) is 1.31. The number of methoxy groups -OCH3 is 1. The minimum absolute atomic E-state index is 0.0215. The van der Waals surface area contributed by atoms with Gasteiger partial charge in [-0.2, -0.15) is 10.4 Å². The number of piperidine rings is 1. The standard InChI is InChI=1S/C23H23N5O3/c1-30-22-11-17(12-24)8-9-21(22)31-14-18-5-4-10-27(13-18)23(29)19-6-2-3-7-20(19)28-16-25-15-26-28/h2-3,6-9,11,15-16,18H,4-5,10,13-14H2,1H3. The largest absolute Gasteiger partial charge is 0.493 e. The Balaban J connectivity index is 1.44. The molecule has 158 valence electrons. The normalized spacial score (nSPS) is 15.9. The number of para-hydroxylation sites is 1. The number of hydrogen-bond donors (Lipinski definition) is 0. The first-order valence-electron chi connectivity index (χ1n) is 10.1. The zero-order valence-electron chi connectivity index (χ0n) is 17.3. The molecule has 2 aromatic carbocycles. The molecule has 31 heavy (non-hydrogen) atoms. The number of hydrogen-bond acceptors (Lipinski definition) is 6. The number of aromatic nitrogens is 3. The highest BCUT2D eigenvalue weighted by molar-refractivity contribution is 5.97. The van der Waals surface area contributed by atoms with Crippen LogP contribution in [0.4, 0.5) is 0 Å². The van der Waals surface area contributed by atoms with E-state index in [9.17, 15) is 4.79 Å². The van der Waals surface area contributed by atoms with E-state index in [1.54, 1.807) is 36.3 Å². The molecular weight excluding hydrogens is 394 g/mol. The van der Waals surface area contributed by atoms with Crippen LogP contribution in [0, 0.1) is 17.2 Å². The monoisotopic (exact) mass is 417 g/mol. The van der Waals surface area contributed by atoms with E-state index in [2.05, 4.69) is 16.2 Å². The van der Waals surface area contributed by atoms with Gasteiger partial charge in [0.25, 0.3) is 5.91 Å². The Bertz CT molecular complexity index is 1090. The van der Waals surface area contributed by atoms with Crippen LogP contribution in [0.3, 0.4) is 0 Å². The fourth-order valence-corrected chi connectivity index (χ4v) is 3.81. The van der Waals surface area contributed by atoms with Crippen molar-refractivity contribution in [3.63, 3.8) is 0 Å². The third-order valence-electron chi connectivity index (χ3n) is 5.37. The number of likely N-dealkylation sites (tertiary alicyclic amines) is 1. The fourth-order valence-electron chi connectivity index (χ4n) is 3.81. The third kappa shape index (κ3) is 4.51. The van der Waals surface area contributed by atoms with Gasteiger partial charge in [0.15, 0.2) is 11.5 Å². The van der Waals surface area contributed by atoms with Crippen LogP contribution in [0.5, 0.6) is 11.5 Å². The van der Waals surface area contributed by atoms with Crippen molar-refractivity contribution in [3.05, 3.63) is 66.2 Å². The number of nitriles is 1. The Hall–Kier alpha value is -3.86. The van der Waals surface area contributed by atoms with Crippen molar-refractivity contribution in [2.45, 2.75) is 12.8 Å². The van der Waals surface area contributed by atoms with Crippen molar-refractivity contribution in [2.24, 2.45) is 5.92 Å². The summed E-state index contributed by atoms with van der Waals surface area (Å²) >= 11 is 0. The maximum atomic E-state index is 13.3. The lowest BCUT2D eigenvalue weighted by Crippen LogP contribution is -2.42. The molecule has 1 aliphatic rings. The van der Waals surface area contributed by atoms with Gasteiger partial charge in [0, 0.05) is 25.1 Å². The number of nitrogens with zero attached hydrogens (tertiary/aromatic N) is 5. The summed E-state index contributed by atoms with van der Waals surface area (Å²) in [5, 5.41) is 13.2. The van der Waals surface area contributed by atoms with Gasteiger partial charge in [-0.25, -0.2) is 9.67 Å². The molecule has 1 unspecified atom stereocenters. The van der Waals surface area contributed by atoms with Crippen LogP contribution >= 0.6 is 0 Å². The molecule has 4 rings (SSSR count). The first-order valence-corrected chi connectivity index (χ1v) is 10.1. The Morgan fingerprint density at radius 1 is 1.26 bits per heavy atom. The number of carbonyl (C=O) groups is 1. The summed E-state index contributed by atoms with van der Waals surface area (Å²) in [4.78, 5) is 19.1. The van der Waals surface area contributed by atoms with Crippen LogP contribution in [0.2, 0.25) is 0 Å². The number of benzene rings is 2. The smallest absolute Gasteiger partial charge is 0.256 e. The average Bonchev–Trinajstić information content (AvgIpc) is 3.37. The molecule has 1 aromatic heterocycles. The average molecular weight is 417 g/mol. The highest BCUT2D eigenvalue weighted by atomic mass is 16.5. The maximum Gasteiger partial charge on any atom is 0.256 e. The predicted molar refractivity (Wildman–Crippen MR) is 113 cm³/mol. The van der Waals surface area contributed by atoms with Crippen LogP contribution in [0.15, 0.2) is 55.1 Å². The summed E-state index contributed by atoms with van der Waals surface area (Å²) in [6.07, 6.45) is 4.93. The Labute approximate surface area is 180 Å². The highest BCUT2D eigenvalue weighted by Gasteiger charge is 2.27. The van der Waals surface area contributed by atoms with Crippen molar-refractivity contribution in [3.8, 4) is 23.3 Å². The number of carbonyl (C=O) groups excluding carboxylic acids is 1. The topological polar surface area (TPSA) is 93.3 Å². The molecule has 2 heterocycles. The molecule has 3 aromatic rings. The molecule has 1 atom stereocenters. The van der Waals surface area contributed by atoms with Crippen molar-refractivity contribution in [1.82, 2.24) is 19.7 Å². The first-order chi connectivity index (χ1) is 15.2. The molecule has 1 aliphatic heterocycles. The second kappa shape index (κ2) is 9.30. The van der Waals surface area contributed by atoms with Gasteiger partial charge in [-0.15, -0.1) is 0 Å². The van der Waals surface area contributed by atoms with Crippen molar-refractivity contribution >= 4 is 5.91 Å². The summed E-state index contributed by atoms with van der Waals surface area (Å²) in [6, 6.07) is 14.6. The number of ether oxygens (including phenoxy) is 2. The SMILES string of the molecule is COc1cc(C#N)ccc1OCC1CCCN(C(=O)c2ccccc2-n2cncn2)C1. The molecule has 0 aliphatic carbocycles. The van der Waals surface area contributed by atoms with E-state index < -0.39 is 0 Å². The molecule has 1 amide bonds. The molecule has 1 saturated heterocycles. The number of rotatable bonds is 6. The van der Waals surface area contributed by atoms with E-state index >= 15 is 0 Å². The van der Waals surface area contributed by atoms with E-state index in [0.29, 0.717) is 48.0 Å². The van der Waals surface area contributed by atoms with Gasteiger partial charge in [-0.1, -0.05) is 12.1 Å².